The zero-order valence-corrected chi connectivity index (χ0v) is 18.6. The molecule has 0 aromatic rings. The van der Waals surface area contributed by atoms with E-state index in [1.807, 2.05) is 0 Å². The summed E-state index contributed by atoms with van der Waals surface area (Å²) in [6.07, 6.45) is 19.5. The van der Waals surface area contributed by atoms with Crippen LogP contribution in [-0.2, 0) is 18.1 Å². The van der Waals surface area contributed by atoms with Crippen molar-refractivity contribution in [2.24, 2.45) is 4.99 Å². The number of nitrogens with zero attached hydrogens (tertiary/aromatic N) is 1. The summed E-state index contributed by atoms with van der Waals surface area (Å²) in [7, 11) is 1.76. The second-order valence-corrected chi connectivity index (χ2v) is 10.1. The Morgan fingerprint density at radius 1 is 0.731 bits per heavy atom. The molecule has 0 spiro atoms. The van der Waals surface area contributed by atoms with Gasteiger partial charge in [0.2, 0.25) is 6.08 Å². The molecule has 0 aliphatic rings. The van der Waals surface area contributed by atoms with Crippen LogP contribution >= 0.6 is 0 Å². The van der Waals surface area contributed by atoms with Crippen molar-refractivity contribution in [2.75, 3.05) is 21.3 Å². The quantitative estimate of drug-likeness (QED) is 0.125. The molecule has 0 amide bonds. The first kappa shape index (κ1) is 25.5. The molecule has 1 unspecified atom stereocenters. The van der Waals surface area contributed by atoms with E-state index in [2.05, 4.69) is 11.9 Å². The molecule has 0 heterocycles. The number of rotatable bonds is 19. The lowest BCUT2D eigenvalue weighted by Gasteiger charge is -2.29. The third-order valence-electron chi connectivity index (χ3n) is 5.05. The lowest BCUT2D eigenvalue weighted by Crippen LogP contribution is -2.53. The van der Waals surface area contributed by atoms with Crippen LogP contribution in [0.2, 0.25) is 0 Å². The van der Waals surface area contributed by atoms with Crippen molar-refractivity contribution in [3.63, 3.8) is 0 Å². The fourth-order valence-corrected chi connectivity index (χ4v) is 5.48. The first-order valence-electron chi connectivity index (χ1n) is 10.4. The SMILES string of the molecule is CCCCCCCCCCCCCCCC(N=C=O)[Si](OC)(OC)OC. The number of hydrogen-bond donors (Lipinski definition) is 0. The van der Waals surface area contributed by atoms with Crippen molar-refractivity contribution in [1.82, 2.24) is 0 Å². The minimum Gasteiger partial charge on any atom is -0.376 e. The highest BCUT2D eigenvalue weighted by Crippen LogP contribution is 2.21. The summed E-state index contributed by atoms with van der Waals surface area (Å²) in [5.41, 5.74) is -0.354. The Kier molecular flexibility index (Phi) is 17.5. The van der Waals surface area contributed by atoms with Crippen molar-refractivity contribution in [3.05, 3.63) is 0 Å². The lowest BCUT2D eigenvalue weighted by molar-refractivity contribution is 0.111. The lowest BCUT2D eigenvalue weighted by atomic mass is 10.0. The summed E-state index contributed by atoms with van der Waals surface area (Å²) in [4.78, 5) is 14.6. The standard InChI is InChI=1S/C20H41NO4Si/c1-5-6-7-8-9-10-11-12-13-14-15-16-17-18-20(21-19-22)26(23-2,24-3)25-4/h20H,5-18H2,1-4H3. The van der Waals surface area contributed by atoms with Gasteiger partial charge in [-0.05, 0) is 6.42 Å². The van der Waals surface area contributed by atoms with Crippen LogP contribution in [0.25, 0.3) is 0 Å². The van der Waals surface area contributed by atoms with E-state index in [4.69, 9.17) is 13.3 Å². The smallest absolute Gasteiger partial charge is 0.376 e. The fraction of sp³-hybridized carbons (Fsp3) is 0.950. The second-order valence-electron chi connectivity index (χ2n) is 6.98. The van der Waals surface area contributed by atoms with Crippen LogP contribution in [0.15, 0.2) is 4.99 Å². The highest BCUT2D eigenvalue weighted by atomic mass is 28.4. The zero-order chi connectivity index (χ0) is 19.5. The van der Waals surface area contributed by atoms with Crippen molar-refractivity contribution < 1.29 is 18.1 Å². The Hall–Kier alpha value is -0.523. The normalized spacial score (nSPS) is 12.8. The third kappa shape index (κ3) is 11.2. The number of hydrogen-bond acceptors (Lipinski definition) is 5. The predicted octanol–water partition coefficient (Wildman–Crippen LogP) is 5.59. The Bertz CT molecular complexity index is 349. The number of isocyanates is 1. The summed E-state index contributed by atoms with van der Waals surface area (Å²) in [5, 5.41) is 0. The van der Waals surface area contributed by atoms with Gasteiger partial charge in [-0.25, -0.2) is 4.79 Å². The molecule has 0 aliphatic heterocycles. The maximum Gasteiger partial charge on any atom is 0.527 e. The van der Waals surface area contributed by atoms with Gasteiger partial charge >= 0.3 is 8.80 Å². The molecule has 6 heteroatoms. The fourth-order valence-electron chi connectivity index (χ4n) is 3.40. The molecule has 5 nitrogen and oxygen atoms in total. The van der Waals surface area contributed by atoms with Crippen molar-refractivity contribution >= 4 is 14.9 Å². The van der Waals surface area contributed by atoms with Crippen LogP contribution in [0.4, 0.5) is 0 Å². The molecule has 0 saturated heterocycles. The van der Waals surface area contributed by atoms with Crippen LogP contribution < -0.4 is 0 Å². The van der Waals surface area contributed by atoms with Crippen molar-refractivity contribution in [1.29, 1.82) is 0 Å². The Morgan fingerprint density at radius 2 is 1.12 bits per heavy atom. The molecule has 0 fully saturated rings. The second kappa shape index (κ2) is 17.9. The van der Waals surface area contributed by atoms with E-state index >= 15 is 0 Å². The van der Waals surface area contributed by atoms with E-state index in [1.54, 1.807) is 27.4 Å². The maximum absolute atomic E-state index is 10.7. The van der Waals surface area contributed by atoms with Gasteiger partial charge in [0.05, 0.1) is 0 Å². The Morgan fingerprint density at radius 3 is 1.46 bits per heavy atom. The number of carbonyl (C=O) groups excluding carboxylic acids is 1. The minimum absolute atomic E-state index is 0.354. The van der Waals surface area contributed by atoms with E-state index < -0.39 is 8.80 Å². The Labute approximate surface area is 162 Å². The van der Waals surface area contributed by atoms with Gasteiger partial charge in [0, 0.05) is 21.3 Å². The summed E-state index contributed by atoms with van der Waals surface area (Å²) in [5.74, 6) is 0. The van der Waals surface area contributed by atoms with Gasteiger partial charge in [-0.1, -0.05) is 90.4 Å². The summed E-state index contributed by atoms with van der Waals surface area (Å²) < 4.78 is 16.3. The molecule has 0 radical (unpaired) electrons. The molecule has 0 saturated carbocycles. The molecule has 0 aliphatic carbocycles. The van der Waals surface area contributed by atoms with Crippen molar-refractivity contribution in [3.8, 4) is 0 Å². The van der Waals surface area contributed by atoms with Gasteiger partial charge in [-0.2, -0.15) is 4.99 Å². The number of unbranched alkanes of at least 4 members (excludes halogenated alkanes) is 12. The van der Waals surface area contributed by atoms with Gasteiger partial charge in [0.15, 0.2) is 0 Å². The predicted molar refractivity (Wildman–Crippen MR) is 109 cm³/mol. The average Bonchev–Trinajstić information content (AvgIpc) is 2.67. The van der Waals surface area contributed by atoms with Crippen LogP contribution in [0, 0.1) is 0 Å². The van der Waals surface area contributed by atoms with E-state index in [9.17, 15) is 4.79 Å². The first-order chi connectivity index (χ1) is 12.7. The molecule has 154 valence electrons. The van der Waals surface area contributed by atoms with Gasteiger partial charge in [-0.15, -0.1) is 0 Å². The highest BCUT2D eigenvalue weighted by Gasteiger charge is 2.47. The topological polar surface area (TPSA) is 57.1 Å². The first-order valence-corrected chi connectivity index (χ1v) is 12.2. The van der Waals surface area contributed by atoms with Crippen LogP contribution in [0.3, 0.4) is 0 Å². The molecule has 0 aromatic carbocycles. The van der Waals surface area contributed by atoms with Crippen LogP contribution in [0.5, 0.6) is 0 Å². The molecule has 0 rings (SSSR count). The molecular formula is C20H41NO4Si. The molecule has 1 atom stereocenters. The maximum atomic E-state index is 10.7. The average molecular weight is 388 g/mol. The van der Waals surface area contributed by atoms with Gasteiger partial charge in [0.25, 0.3) is 0 Å². The summed E-state index contributed by atoms with van der Waals surface area (Å²) in [6.45, 7) is 2.26. The monoisotopic (exact) mass is 387 g/mol. The summed E-state index contributed by atoms with van der Waals surface area (Å²) in [6, 6.07) is 0. The third-order valence-corrected chi connectivity index (χ3v) is 7.99. The minimum atomic E-state index is -2.90. The van der Waals surface area contributed by atoms with E-state index in [1.165, 1.54) is 70.6 Å². The molecule has 0 N–H and O–H groups in total. The zero-order valence-electron chi connectivity index (χ0n) is 17.6. The molecule has 0 aromatic heterocycles. The van der Waals surface area contributed by atoms with Crippen LogP contribution in [0.1, 0.15) is 96.8 Å². The van der Waals surface area contributed by atoms with E-state index in [0.29, 0.717) is 0 Å². The Balaban J connectivity index is 3.72. The van der Waals surface area contributed by atoms with Gasteiger partial charge < -0.3 is 13.3 Å². The summed E-state index contributed by atoms with van der Waals surface area (Å²) >= 11 is 0. The molecule has 26 heavy (non-hydrogen) atoms. The largest absolute Gasteiger partial charge is 0.527 e. The van der Waals surface area contributed by atoms with Gasteiger partial charge in [-0.3, -0.25) is 0 Å². The number of aliphatic imine (C=N–C) groups is 1. The van der Waals surface area contributed by atoms with Crippen LogP contribution in [-0.4, -0.2) is 41.9 Å². The molecule has 0 bridgehead atoms. The van der Waals surface area contributed by atoms with E-state index in [0.717, 1.165) is 19.3 Å². The highest BCUT2D eigenvalue weighted by molar-refractivity contribution is 6.62. The molecular weight excluding hydrogens is 346 g/mol. The van der Waals surface area contributed by atoms with Crippen molar-refractivity contribution in [2.45, 2.75) is 102 Å². The van der Waals surface area contributed by atoms with Gasteiger partial charge in [0.1, 0.15) is 5.67 Å². The van der Waals surface area contributed by atoms with E-state index in [-0.39, 0.29) is 5.67 Å².